The molecule has 2 N–H and O–H groups in total. The van der Waals surface area contributed by atoms with E-state index in [1.807, 2.05) is 48.5 Å². The van der Waals surface area contributed by atoms with Gasteiger partial charge in [-0.25, -0.2) is 0 Å². The molecule has 2 aromatic carbocycles. The van der Waals surface area contributed by atoms with Crippen molar-refractivity contribution < 1.29 is 4.79 Å². The van der Waals surface area contributed by atoms with Crippen LogP contribution in [0.2, 0.25) is 0 Å². The van der Waals surface area contributed by atoms with Crippen molar-refractivity contribution in [2.45, 2.75) is 57.7 Å². The minimum Gasteiger partial charge on any atom is -0.382 e. The van der Waals surface area contributed by atoms with Crippen molar-refractivity contribution in [1.29, 1.82) is 0 Å². The first-order chi connectivity index (χ1) is 12.7. The van der Waals surface area contributed by atoms with E-state index < -0.39 is 0 Å². The molecule has 1 saturated heterocycles. The number of hydrogen-bond donors (Lipinski definition) is 2. The summed E-state index contributed by atoms with van der Waals surface area (Å²) in [6, 6.07) is 19.9. The van der Waals surface area contributed by atoms with Crippen molar-refractivity contribution in [2.24, 2.45) is 0 Å². The summed E-state index contributed by atoms with van der Waals surface area (Å²) in [6.45, 7) is 8.96. The van der Waals surface area contributed by atoms with Gasteiger partial charge in [0.15, 0.2) is 5.78 Å². The highest BCUT2D eigenvalue weighted by molar-refractivity contribution is 6.08. The maximum atomic E-state index is 12.8. The first-order valence-electron chi connectivity index (χ1n) is 9.67. The molecule has 0 aromatic heterocycles. The number of rotatable bonds is 5. The lowest BCUT2D eigenvalue weighted by Gasteiger charge is -2.47. The molecule has 0 saturated carbocycles. The van der Waals surface area contributed by atoms with Crippen molar-refractivity contribution in [3.05, 3.63) is 77.9 Å². The van der Waals surface area contributed by atoms with Gasteiger partial charge < -0.3 is 10.6 Å². The Morgan fingerprint density at radius 1 is 0.889 bits per heavy atom. The molecule has 2 aromatic rings. The van der Waals surface area contributed by atoms with Gasteiger partial charge in [0.25, 0.3) is 0 Å². The predicted molar refractivity (Wildman–Crippen MR) is 113 cm³/mol. The topological polar surface area (TPSA) is 41.1 Å². The van der Waals surface area contributed by atoms with Crippen molar-refractivity contribution >= 4 is 11.5 Å². The Morgan fingerprint density at radius 2 is 1.37 bits per heavy atom. The monoisotopic (exact) mass is 362 g/mol. The SMILES string of the molecule is CC1(C)CC(NC(=CC(=O)c2ccccc2)c2ccccc2)CC(C)(C)N1. The second-order valence-corrected chi connectivity index (χ2v) is 8.80. The fourth-order valence-corrected chi connectivity index (χ4v) is 4.29. The third-order valence-electron chi connectivity index (χ3n) is 4.97. The zero-order chi connectivity index (χ0) is 19.5. The Balaban J connectivity index is 1.89. The molecule has 3 rings (SSSR count). The lowest BCUT2D eigenvalue weighted by Crippen LogP contribution is -2.61. The van der Waals surface area contributed by atoms with Crippen LogP contribution < -0.4 is 10.6 Å². The molecule has 0 spiro atoms. The second-order valence-electron chi connectivity index (χ2n) is 8.80. The molecule has 0 aliphatic carbocycles. The summed E-state index contributed by atoms with van der Waals surface area (Å²) in [5, 5.41) is 7.40. The predicted octanol–water partition coefficient (Wildman–Crippen LogP) is 4.81. The number of benzene rings is 2. The molecular formula is C24H30N2O. The molecule has 1 fully saturated rings. The largest absolute Gasteiger partial charge is 0.382 e. The van der Waals surface area contributed by atoms with Gasteiger partial charge in [-0.15, -0.1) is 0 Å². The van der Waals surface area contributed by atoms with E-state index >= 15 is 0 Å². The maximum Gasteiger partial charge on any atom is 0.187 e. The van der Waals surface area contributed by atoms with Crippen LogP contribution in [0.15, 0.2) is 66.7 Å². The molecule has 3 heteroatoms. The first-order valence-corrected chi connectivity index (χ1v) is 9.67. The lowest BCUT2D eigenvalue weighted by molar-refractivity contribution is 0.104. The maximum absolute atomic E-state index is 12.8. The number of carbonyl (C=O) groups excluding carboxylic acids is 1. The van der Waals surface area contributed by atoms with Crippen LogP contribution in [-0.4, -0.2) is 22.9 Å². The van der Waals surface area contributed by atoms with Crippen LogP contribution in [-0.2, 0) is 0 Å². The molecule has 3 nitrogen and oxygen atoms in total. The van der Waals surface area contributed by atoms with Crippen LogP contribution in [0.3, 0.4) is 0 Å². The van der Waals surface area contributed by atoms with Crippen molar-refractivity contribution in [1.82, 2.24) is 10.6 Å². The summed E-state index contributed by atoms with van der Waals surface area (Å²) < 4.78 is 0. The Hall–Kier alpha value is -2.39. The van der Waals surface area contributed by atoms with Gasteiger partial charge in [0.1, 0.15) is 0 Å². The van der Waals surface area contributed by atoms with Crippen LogP contribution in [0.4, 0.5) is 0 Å². The normalized spacial score (nSPS) is 19.5. The molecule has 1 aliphatic heterocycles. The zero-order valence-corrected chi connectivity index (χ0v) is 16.8. The fourth-order valence-electron chi connectivity index (χ4n) is 4.29. The van der Waals surface area contributed by atoms with Crippen LogP contribution in [0.1, 0.15) is 56.5 Å². The number of allylic oxidation sites excluding steroid dienone is 1. The van der Waals surface area contributed by atoms with Gasteiger partial charge in [-0.05, 0) is 46.1 Å². The van der Waals surface area contributed by atoms with E-state index in [-0.39, 0.29) is 16.9 Å². The molecule has 142 valence electrons. The summed E-state index contributed by atoms with van der Waals surface area (Å²) in [5.74, 6) is 0.0226. The Morgan fingerprint density at radius 3 is 1.89 bits per heavy atom. The molecule has 1 aliphatic rings. The van der Waals surface area contributed by atoms with Gasteiger partial charge in [-0.2, -0.15) is 0 Å². The highest BCUT2D eigenvalue weighted by Gasteiger charge is 2.37. The summed E-state index contributed by atoms with van der Waals surface area (Å²) >= 11 is 0. The number of ketones is 1. The van der Waals surface area contributed by atoms with E-state index in [9.17, 15) is 4.79 Å². The molecule has 0 atom stereocenters. The summed E-state index contributed by atoms with van der Waals surface area (Å²) in [6.07, 6.45) is 3.74. The summed E-state index contributed by atoms with van der Waals surface area (Å²) in [7, 11) is 0. The summed E-state index contributed by atoms with van der Waals surface area (Å²) in [5.41, 5.74) is 2.73. The smallest absolute Gasteiger partial charge is 0.187 e. The number of hydrogen-bond acceptors (Lipinski definition) is 3. The van der Waals surface area contributed by atoms with Gasteiger partial charge in [0, 0.05) is 34.5 Å². The van der Waals surface area contributed by atoms with Gasteiger partial charge in [-0.3, -0.25) is 4.79 Å². The van der Waals surface area contributed by atoms with E-state index in [0.717, 1.165) is 24.1 Å². The minimum absolute atomic E-state index is 0.0226. The van der Waals surface area contributed by atoms with E-state index in [2.05, 4.69) is 50.5 Å². The second kappa shape index (κ2) is 7.69. The van der Waals surface area contributed by atoms with Crippen LogP contribution in [0.25, 0.3) is 5.70 Å². The molecular weight excluding hydrogens is 332 g/mol. The standard InChI is InChI=1S/C24H30N2O/c1-23(2)16-20(17-24(3,4)26-23)25-21(18-11-7-5-8-12-18)15-22(27)19-13-9-6-10-14-19/h5-15,20,25-26H,16-17H2,1-4H3. The van der Waals surface area contributed by atoms with Gasteiger partial charge in [0.2, 0.25) is 0 Å². The molecule has 0 unspecified atom stereocenters. The third-order valence-corrected chi connectivity index (χ3v) is 4.97. The Bertz CT molecular complexity index is 791. The highest BCUT2D eigenvalue weighted by atomic mass is 16.1. The summed E-state index contributed by atoms with van der Waals surface area (Å²) in [4.78, 5) is 12.8. The van der Waals surface area contributed by atoms with E-state index in [1.54, 1.807) is 6.08 Å². The first kappa shape index (κ1) is 19.4. The van der Waals surface area contributed by atoms with E-state index in [1.165, 1.54) is 0 Å². The van der Waals surface area contributed by atoms with Gasteiger partial charge >= 0.3 is 0 Å². The molecule has 27 heavy (non-hydrogen) atoms. The minimum atomic E-state index is 0.0226. The molecule has 0 amide bonds. The fraction of sp³-hybridized carbons (Fsp3) is 0.375. The van der Waals surface area contributed by atoms with Gasteiger partial charge in [0.05, 0.1) is 0 Å². The van der Waals surface area contributed by atoms with Crippen LogP contribution in [0.5, 0.6) is 0 Å². The van der Waals surface area contributed by atoms with E-state index in [4.69, 9.17) is 0 Å². The molecule has 0 bridgehead atoms. The highest BCUT2D eigenvalue weighted by Crippen LogP contribution is 2.30. The number of nitrogens with one attached hydrogen (secondary N) is 2. The Labute approximate surface area is 162 Å². The number of piperidine rings is 1. The molecule has 0 radical (unpaired) electrons. The van der Waals surface area contributed by atoms with Gasteiger partial charge in [-0.1, -0.05) is 60.7 Å². The van der Waals surface area contributed by atoms with E-state index in [0.29, 0.717) is 11.6 Å². The van der Waals surface area contributed by atoms with Crippen LogP contribution >= 0.6 is 0 Å². The Kier molecular flexibility index (Phi) is 5.52. The average Bonchev–Trinajstić information content (AvgIpc) is 2.60. The van der Waals surface area contributed by atoms with Crippen molar-refractivity contribution in [3.63, 3.8) is 0 Å². The lowest BCUT2D eigenvalue weighted by atomic mass is 9.79. The number of carbonyl (C=O) groups is 1. The van der Waals surface area contributed by atoms with Crippen molar-refractivity contribution in [2.75, 3.05) is 0 Å². The molecule has 1 heterocycles. The van der Waals surface area contributed by atoms with Crippen LogP contribution in [0, 0.1) is 0 Å². The average molecular weight is 363 g/mol. The third kappa shape index (κ3) is 5.30. The van der Waals surface area contributed by atoms with Crippen molar-refractivity contribution in [3.8, 4) is 0 Å². The quantitative estimate of drug-likeness (QED) is 0.592. The zero-order valence-electron chi connectivity index (χ0n) is 16.8.